The molecule has 0 aliphatic heterocycles. The maximum Gasteiger partial charge on any atom is 0.279 e. The van der Waals surface area contributed by atoms with Gasteiger partial charge in [0, 0.05) is 12.1 Å². The fourth-order valence-electron chi connectivity index (χ4n) is 2.34. The van der Waals surface area contributed by atoms with E-state index in [1.165, 1.54) is 41.7 Å². The van der Waals surface area contributed by atoms with Crippen molar-refractivity contribution in [3.8, 4) is 0 Å². The van der Waals surface area contributed by atoms with Crippen LogP contribution in [0.3, 0.4) is 0 Å². The molecular weight excluding hydrogens is 318 g/mol. The molecule has 118 valence electrons. The van der Waals surface area contributed by atoms with E-state index in [1.807, 2.05) is 11.5 Å². The lowest BCUT2D eigenvalue weighted by molar-refractivity contribution is 0.0997. The third kappa shape index (κ3) is 3.22. The van der Waals surface area contributed by atoms with E-state index >= 15 is 0 Å². The van der Waals surface area contributed by atoms with Crippen LogP contribution in [-0.4, -0.2) is 10.5 Å². The quantitative estimate of drug-likeness (QED) is 0.710. The number of hydrogen-bond donors (Lipinski definition) is 0. The van der Waals surface area contributed by atoms with Crippen LogP contribution >= 0.6 is 11.3 Å². The number of amides is 1. The van der Waals surface area contributed by atoms with Gasteiger partial charge < -0.3 is 4.57 Å². The molecule has 1 amide bonds. The molecule has 0 spiro atoms. The summed E-state index contributed by atoms with van der Waals surface area (Å²) in [6.45, 7) is 2.68. The number of fused-ring (bicyclic) bond motifs is 1. The summed E-state index contributed by atoms with van der Waals surface area (Å²) in [5.41, 5.74) is 1.03. The van der Waals surface area contributed by atoms with Crippen LogP contribution in [0.1, 0.15) is 23.7 Å². The number of rotatable bonds is 3. The standard InChI is InChI=1S/C17H14F2N2OS/c1-2-8-21-14-7-6-13(19)10-15(14)23-17(21)20-16(22)11-4-3-5-12(18)9-11/h3-7,9-10H,2,8H2,1H3. The smallest absolute Gasteiger partial charge is 0.279 e. The van der Waals surface area contributed by atoms with Crippen LogP contribution in [0.25, 0.3) is 10.2 Å². The summed E-state index contributed by atoms with van der Waals surface area (Å²) in [6, 6.07) is 9.92. The monoisotopic (exact) mass is 332 g/mol. The largest absolute Gasteiger partial charge is 0.316 e. The van der Waals surface area contributed by atoms with Gasteiger partial charge in [0.25, 0.3) is 5.91 Å². The lowest BCUT2D eigenvalue weighted by Crippen LogP contribution is -2.16. The van der Waals surface area contributed by atoms with Gasteiger partial charge in [-0.25, -0.2) is 8.78 Å². The number of thiazole rings is 1. The maximum atomic E-state index is 13.4. The van der Waals surface area contributed by atoms with Crippen molar-refractivity contribution in [2.45, 2.75) is 19.9 Å². The Morgan fingerprint density at radius 3 is 2.70 bits per heavy atom. The lowest BCUT2D eigenvalue weighted by Gasteiger charge is -2.02. The molecule has 3 aromatic rings. The number of hydrogen-bond acceptors (Lipinski definition) is 2. The number of aryl methyl sites for hydroxylation is 1. The van der Waals surface area contributed by atoms with Crippen molar-refractivity contribution in [3.63, 3.8) is 0 Å². The molecule has 1 heterocycles. The average molecular weight is 332 g/mol. The number of aromatic nitrogens is 1. The molecule has 0 bridgehead atoms. The van der Waals surface area contributed by atoms with Crippen molar-refractivity contribution in [1.82, 2.24) is 4.57 Å². The highest BCUT2D eigenvalue weighted by Gasteiger charge is 2.10. The van der Waals surface area contributed by atoms with Crippen molar-refractivity contribution in [2.75, 3.05) is 0 Å². The van der Waals surface area contributed by atoms with Gasteiger partial charge in [-0.15, -0.1) is 0 Å². The SMILES string of the molecule is CCCn1c(=NC(=O)c2cccc(F)c2)sc2cc(F)ccc21. The minimum Gasteiger partial charge on any atom is -0.316 e. The highest BCUT2D eigenvalue weighted by molar-refractivity contribution is 7.16. The Balaban J connectivity index is 2.14. The molecule has 6 heteroatoms. The Morgan fingerprint density at radius 1 is 1.17 bits per heavy atom. The Kier molecular flexibility index (Phi) is 4.34. The second-order valence-electron chi connectivity index (χ2n) is 5.08. The van der Waals surface area contributed by atoms with E-state index in [-0.39, 0.29) is 11.4 Å². The van der Waals surface area contributed by atoms with Crippen molar-refractivity contribution >= 4 is 27.5 Å². The molecule has 0 saturated carbocycles. The van der Waals surface area contributed by atoms with Crippen LogP contribution in [-0.2, 0) is 6.54 Å². The second-order valence-corrected chi connectivity index (χ2v) is 6.08. The third-order valence-electron chi connectivity index (χ3n) is 3.36. The summed E-state index contributed by atoms with van der Waals surface area (Å²) in [4.78, 5) is 16.8. The molecule has 0 N–H and O–H groups in total. The molecule has 3 rings (SSSR count). The molecule has 3 nitrogen and oxygen atoms in total. The van der Waals surface area contributed by atoms with Gasteiger partial charge in [0.1, 0.15) is 11.6 Å². The summed E-state index contributed by atoms with van der Waals surface area (Å²) in [5.74, 6) is -1.32. The van der Waals surface area contributed by atoms with E-state index in [0.29, 0.717) is 11.3 Å². The van der Waals surface area contributed by atoms with Gasteiger partial charge in [-0.1, -0.05) is 24.3 Å². The Hall–Kier alpha value is -2.34. The minimum atomic E-state index is -0.513. The molecule has 0 unspecified atom stereocenters. The van der Waals surface area contributed by atoms with E-state index in [0.717, 1.165) is 22.7 Å². The second kappa shape index (κ2) is 6.42. The fourth-order valence-corrected chi connectivity index (χ4v) is 3.42. The third-order valence-corrected chi connectivity index (χ3v) is 4.40. The number of benzene rings is 2. The summed E-state index contributed by atoms with van der Waals surface area (Å²) in [6.07, 6.45) is 0.852. The van der Waals surface area contributed by atoms with Gasteiger partial charge in [-0.3, -0.25) is 4.79 Å². The van der Waals surface area contributed by atoms with E-state index in [1.54, 1.807) is 6.07 Å². The van der Waals surface area contributed by atoms with Crippen LogP contribution in [0.4, 0.5) is 8.78 Å². The maximum absolute atomic E-state index is 13.4. The van der Waals surface area contributed by atoms with Crippen molar-refractivity contribution in [1.29, 1.82) is 0 Å². The summed E-state index contributed by atoms with van der Waals surface area (Å²) in [5, 5.41) is 0. The van der Waals surface area contributed by atoms with Gasteiger partial charge in [-0.2, -0.15) is 4.99 Å². The molecule has 0 fully saturated rings. The highest BCUT2D eigenvalue weighted by atomic mass is 32.1. The molecule has 0 radical (unpaired) electrons. The van der Waals surface area contributed by atoms with Gasteiger partial charge in [0.05, 0.1) is 10.2 Å². The van der Waals surface area contributed by atoms with E-state index in [2.05, 4.69) is 4.99 Å². The van der Waals surface area contributed by atoms with Crippen molar-refractivity contribution in [2.24, 2.45) is 4.99 Å². The first-order valence-electron chi connectivity index (χ1n) is 7.22. The molecule has 0 atom stereocenters. The zero-order valence-electron chi connectivity index (χ0n) is 12.4. The Bertz CT molecular complexity index is 943. The average Bonchev–Trinajstić information content (AvgIpc) is 2.84. The minimum absolute atomic E-state index is 0.191. The Labute approximate surface area is 135 Å². The van der Waals surface area contributed by atoms with Gasteiger partial charge in [-0.05, 0) is 42.8 Å². The zero-order valence-corrected chi connectivity index (χ0v) is 13.2. The number of carbonyl (C=O) groups excluding carboxylic acids is 1. The molecule has 0 aliphatic rings. The summed E-state index contributed by atoms with van der Waals surface area (Å²) in [7, 11) is 0. The highest BCUT2D eigenvalue weighted by Crippen LogP contribution is 2.19. The first-order valence-corrected chi connectivity index (χ1v) is 8.03. The molecule has 23 heavy (non-hydrogen) atoms. The molecule has 0 saturated heterocycles. The fraction of sp³-hybridized carbons (Fsp3) is 0.176. The topological polar surface area (TPSA) is 34.4 Å². The van der Waals surface area contributed by atoms with Crippen LogP contribution in [0, 0.1) is 11.6 Å². The molecule has 0 aliphatic carbocycles. The normalized spacial score (nSPS) is 12.0. The molecular formula is C17H14F2N2OS. The lowest BCUT2D eigenvalue weighted by atomic mass is 10.2. The van der Waals surface area contributed by atoms with Crippen LogP contribution in [0.2, 0.25) is 0 Å². The van der Waals surface area contributed by atoms with Gasteiger partial charge >= 0.3 is 0 Å². The summed E-state index contributed by atoms with van der Waals surface area (Å²) < 4.78 is 29.2. The Morgan fingerprint density at radius 2 is 1.96 bits per heavy atom. The number of nitrogens with zero attached hydrogens (tertiary/aromatic N) is 2. The number of carbonyl (C=O) groups is 1. The van der Waals surface area contributed by atoms with Crippen molar-refractivity contribution < 1.29 is 13.6 Å². The first-order chi connectivity index (χ1) is 11.1. The van der Waals surface area contributed by atoms with Crippen LogP contribution in [0.15, 0.2) is 47.5 Å². The van der Waals surface area contributed by atoms with Gasteiger partial charge in [0.2, 0.25) is 0 Å². The van der Waals surface area contributed by atoms with Crippen LogP contribution < -0.4 is 4.80 Å². The molecule has 1 aromatic heterocycles. The summed E-state index contributed by atoms with van der Waals surface area (Å²) >= 11 is 1.25. The predicted octanol–water partition coefficient (Wildman–Crippen LogP) is 4.13. The zero-order chi connectivity index (χ0) is 16.4. The first kappa shape index (κ1) is 15.6. The van der Waals surface area contributed by atoms with Crippen molar-refractivity contribution in [3.05, 3.63) is 64.5 Å². The van der Waals surface area contributed by atoms with E-state index < -0.39 is 11.7 Å². The van der Waals surface area contributed by atoms with Gasteiger partial charge in [0.15, 0.2) is 4.80 Å². The van der Waals surface area contributed by atoms with E-state index in [4.69, 9.17) is 0 Å². The predicted molar refractivity (Wildman–Crippen MR) is 86.4 cm³/mol. The van der Waals surface area contributed by atoms with E-state index in [9.17, 15) is 13.6 Å². The number of halogens is 2. The molecule has 2 aromatic carbocycles. The van der Waals surface area contributed by atoms with Crippen LogP contribution in [0.5, 0.6) is 0 Å².